The third-order valence-corrected chi connectivity index (χ3v) is 3.90. The zero-order valence-corrected chi connectivity index (χ0v) is 9.70. The summed E-state index contributed by atoms with van der Waals surface area (Å²) in [5.74, 6) is -0.591. The fraction of sp³-hybridized carbons (Fsp3) is 0.462. The minimum Gasteiger partial charge on any atom is -0.273 e. The van der Waals surface area contributed by atoms with E-state index in [0.717, 1.165) is 31.2 Å². The van der Waals surface area contributed by atoms with Crippen molar-refractivity contribution in [3.63, 3.8) is 0 Å². The topological polar surface area (TPSA) is 29.5 Å². The number of carbonyl (C=O) groups is 1. The van der Waals surface area contributed by atoms with Gasteiger partial charge in [-0.05, 0) is 30.5 Å². The lowest BCUT2D eigenvalue weighted by molar-refractivity contribution is -0.157. The summed E-state index contributed by atoms with van der Waals surface area (Å²) < 4.78 is 13.2. The summed E-state index contributed by atoms with van der Waals surface area (Å²) in [6.45, 7) is 0. The minimum atomic E-state index is -0.372. The number of carbonyl (C=O) groups excluding carboxylic acids is 1. The Morgan fingerprint density at radius 2 is 2.06 bits per heavy atom. The first kappa shape index (κ1) is 10.7. The molecule has 1 aliphatic carbocycles. The van der Waals surface area contributed by atoms with Crippen molar-refractivity contribution in [1.82, 2.24) is 5.06 Å². The highest BCUT2D eigenvalue weighted by atomic mass is 19.1. The molecule has 0 atom stereocenters. The standard InChI is InChI=1S/C13H14FNO2/c1-17-15-12(16)10-8-9(14)4-5-11(10)13(15)6-2-3-7-13/h4-5,8H,2-3,6-7H2,1H3. The van der Waals surface area contributed by atoms with Crippen LogP contribution in [0.2, 0.25) is 0 Å². The molecule has 0 saturated heterocycles. The Morgan fingerprint density at radius 3 is 2.71 bits per heavy atom. The van der Waals surface area contributed by atoms with E-state index >= 15 is 0 Å². The molecule has 0 unspecified atom stereocenters. The van der Waals surface area contributed by atoms with Gasteiger partial charge in [-0.25, -0.2) is 9.45 Å². The molecule has 0 radical (unpaired) electrons. The van der Waals surface area contributed by atoms with Gasteiger partial charge in [-0.15, -0.1) is 0 Å². The van der Waals surface area contributed by atoms with Gasteiger partial charge in [0.05, 0.1) is 18.2 Å². The van der Waals surface area contributed by atoms with Gasteiger partial charge in [0.25, 0.3) is 5.91 Å². The maximum atomic E-state index is 13.2. The van der Waals surface area contributed by atoms with Gasteiger partial charge in [0, 0.05) is 0 Å². The number of hydroxylamine groups is 2. The zero-order chi connectivity index (χ0) is 12.0. The van der Waals surface area contributed by atoms with Gasteiger partial charge in [0.2, 0.25) is 0 Å². The molecule has 3 nitrogen and oxygen atoms in total. The molecule has 0 aromatic heterocycles. The summed E-state index contributed by atoms with van der Waals surface area (Å²) in [5.41, 5.74) is 1.02. The van der Waals surface area contributed by atoms with Crippen molar-refractivity contribution in [3.8, 4) is 0 Å². The number of amides is 1. The molecule has 1 spiro atoms. The molecular weight excluding hydrogens is 221 g/mol. The Bertz CT molecular complexity index is 480. The first-order valence-electron chi connectivity index (χ1n) is 5.88. The molecule has 1 aromatic carbocycles. The summed E-state index contributed by atoms with van der Waals surface area (Å²) in [5, 5.41) is 1.43. The van der Waals surface area contributed by atoms with E-state index in [1.54, 1.807) is 6.07 Å². The van der Waals surface area contributed by atoms with E-state index in [-0.39, 0.29) is 17.3 Å². The number of fused-ring (bicyclic) bond motifs is 2. The summed E-state index contributed by atoms with van der Waals surface area (Å²) in [6, 6.07) is 4.47. The van der Waals surface area contributed by atoms with Crippen molar-refractivity contribution in [2.75, 3.05) is 7.11 Å². The van der Waals surface area contributed by atoms with Gasteiger partial charge in [0.1, 0.15) is 5.82 Å². The second kappa shape index (κ2) is 3.53. The van der Waals surface area contributed by atoms with Gasteiger partial charge < -0.3 is 0 Å². The minimum absolute atomic E-state index is 0.219. The Labute approximate surface area is 99.1 Å². The van der Waals surface area contributed by atoms with Crippen LogP contribution in [-0.4, -0.2) is 18.1 Å². The van der Waals surface area contributed by atoms with Gasteiger partial charge in [-0.2, -0.15) is 0 Å². The molecule has 0 bridgehead atoms. The fourth-order valence-electron chi connectivity index (χ4n) is 3.20. The lowest BCUT2D eigenvalue weighted by Gasteiger charge is -2.33. The summed E-state index contributed by atoms with van der Waals surface area (Å²) in [7, 11) is 1.50. The monoisotopic (exact) mass is 235 g/mol. The van der Waals surface area contributed by atoms with Crippen LogP contribution in [-0.2, 0) is 10.4 Å². The van der Waals surface area contributed by atoms with Crippen LogP contribution in [0.3, 0.4) is 0 Å². The molecular formula is C13H14FNO2. The average molecular weight is 235 g/mol. The summed E-state index contributed by atoms with van der Waals surface area (Å²) >= 11 is 0. The Hall–Kier alpha value is -1.42. The normalized spacial score (nSPS) is 21.3. The molecule has 2 aliphatic rings. The zero-order valence-electron chi connectivity index (χ0n) is 9.70. The van der Waals surface area contributed by atoms with Crippen LogP contribution in [0.5, 0.6) is 0 Å². The predicted octanol–water partition coefficient (Wildman–Crippen LogP) is 2.61. The molecule has 3 rings (SSSR count). The third-order valence-electron chi connectivity index (χ3n) is 3.90. The van der Waals surface area contributed by atoms with Crippen LogP contribution >= 0.6 is 0 Å². The second-order valence-electron chi connectivity index (χ2n) is 4.71. The number of benzene rings is 1. The van der Waals surface area contributed by atoms with E-state index in [9.17, 15) is 9.18 Å². The van der Waals surface area contributed by atoms with E-state index in [1.807, 2.05) is 0 Å². The van der Waals surface area contributed by atoms with Crippen LogP contribution in [0.25, 0.3) is 0 Å². The van der Waals surface area contributed by atoms with Gasteiger partial charge in [0.15, 0.2) is 0 Å². The maximum absolute atomic E-state index is 13.2. The molecule has 1 amide bonds. The highest BCUT2D eigenvalue weighted by Crippen LogP contribution is 2.49. The van der Waals surface area contributed by atoms with Crippen molar-refractivity contribution in [1.29, 1.82) is 0 Å². The number of nitrogens with zero attached hydrogens (tertiary/aromatic N) is 1. The predicted molar refractivity (Wildman–Crippen MR) is 59.7 cm³/mol. The molecule has 1 heterocycles. The van der Waals surface area contributed by atoms with Crippen LogP contribution < -0.4 is 0 Å². The molecule has 1 aliphatic heterocycles. The Balaban J connectivity index is 2.20. The lowest BCUT2D eigenvalue weighted by atomic mass is 9.89. The number of rotatable bonds is 1. The quantitative estimate of drug-likeness (QED) is 0.748. The first-order valence-corrected chi connectivity index (χ1v) is 5.88. The third kappa shape index (κ3) is 1.27. The van der Waals surface area contributed by atoms with E-state index in [0.29, 0.717) is 5.56 Å². The molecule has 90 valence electrons. The van der Waals surface area contributed by atoms with E-state index in [4.69, 9.17) is 4.84 Å². The van der Waals surface area contributed by atoms with Gasteiger partial charge in [-0.1, -0.05) is 18.9 Å². The first-order chi connectivity index (χ1) is 8.19. The molecule has 1 saturated carbocycles. The van der Waals surface area contributed by atoms with Crippen LogP contribution in [0.15, 0.2) is 18.2 Å². The van der Waals surface area contributed by atoms with E-state index < -0.39 is 0 Å². The summed E-state index contributed by atoms with van der Waals surface area (Å²) in [4.78, 5) is 17.4. The SMILES string of the molecule is CON1C(=O)c2cc(F)ccc2C12CCCC2. The molecule has 17 heavy (non-hydrogen) atoms. The molecule has 0 N–H and O–H groups in total. The molecule has 1 fully saturated rings. The van der Waals surface area contributed by atoms with Crippen molar-refractivity contribution in [2.24, 2.45) is 0 Å². The highest BCUT2D eigenvalue weighted by Gasteiger charge is 2.52. The molecule has 1 aromatic rings. The molecule has 4 heteroatoms. The number of hydrogen-bond donors (Lipinski definition) is 0. The largest absolute Gasteiger partial charge is 0.278 e. The second-order valence-corrected chi connectivity index (χ2v) is 4.71. The smallest absolute Gasteiger partial charge is 0.273 e. The Kier molecular flexibility index (Phi) is 2.23. The van der Waals surface area contributed by atoms with Crippen LogP contribution in [0, 0.1) is 5.82 Å². The maximum Gasteiger partial charge on any atom is 0.278 e. The van der Waals surface area contributed by atoms with Crippen LogP contribution in [0.4, 0.5) is 4.39 Å². The van der Waals surface area contributed by atoms with Crippen molar-refractivity contribution < 1.29 is 14.0 Å². The lowest BCUT2D eigenvalue weighted by Crippen LogP contribution is -2.40. The fourth-order valence-corrected chi connectivity index (χ4v) is 3.20. The Morgan fingerprint density at radius 1 is 1.35 bits per heavy atom. The van der Waals surface area contributed by atoms with Crippen LogP contribution in [0.1, 0.15) is 41.6 Å². The number of hydrogen-bond acceptors (Lipinski definition) is 2. The van der Waals surface area contributed by atoms with Gasteiger partial charge >= 0.3 is 0 Å². The van der Waals surface area contributed by atoms with Crippen molar-refractivity contribution in [2.45, 2.75) is 31.2 Å². The average Bonchev–Trinajstić information content (AvgIpc) is 2.87. The highest BCUT2D eigenvalue weighted by molar-refractivity contribution is 5.99. The summed E-state index contributed by atoms with van der Waals surface area (Å²) in [6.07, 6.45) is 3.93. The van der Waals surface area contributed by atoms with Gasteiger partial charge in [-0.3, -0.25) is 9.63 Å². The van der Waals surface area contributed by atoms with E-state index in [1.165, 1.54) is 24.3 Å². The van der Waals surface area contributed by atoms with E-state index in [2.05, 4.69) is 0 Å². The number of halogens is 1. The van der Waals surface area contributed by atoms with Crippen molar-refractivity contribution in [3.05, 3.63) is 35.1 Å². The van der Waals surface area contributed by atoms with Crippen molar-refractivity contribution >= 4 is 5.91 Å².